The molecule has 3 aromatic carbocycles. The molecular weight excluding hydrogens is 448 g/mol. The average Bonchev–Trinajstić information content (AvgIpc) is 3.13. The lowest BCUT2D eigenvalue weighted by molar-refractivity contribution is -0.384. The summed E-state index contributed by atoms with van der Waals surface area (Å²) in [7, 11) is 1.33. The number of carbonyl (C=O) groups excluding carboxylic acids is 3. The van der Waals surface area contributed by atoms with Crippen molar-refractivity contribution in [2.45, 2.75) is 18.3 Å². The smallest absolute Gasteiger partial charge is 0.273 e. The Morgan fingerprint density at radius 1 is 0.971 bits per heavy atom. The normalized spacial score (nSPS) is 25.7. The summed E-state index contributed by atoms with van der Waals surface area (Å²) in [4.78, 5) is 53.5. The first kappa shape index (κ1) is 21.2. The third-order valence-electron chi connectivity index (χ3n) is 7.79. The molecular formula is C27H20N2O6. The van der Waals surface area contributed by atoms with Gasteiger partial charge in [0.05, 0.1) is 41.0 Å². The number of hydrogen-bond acceptors (Lipinski definition) is 6. The number of nitro benzene ring substituents is 1. The van der Waals surface area contributed by atoms with Crippen LogP contribution < -0.4 is 9.64 Å². The zero-order valence-corrected chi connectivity index (χ0v) is 18.9. The van der Waals surface area contributed by atoms with Crippen molar-refractivity contribution in [2.24, 2.45) is 11.8 Å². The van der Waals surface area contributed by atoms with Crippen LogP contribution >= 0.6 is 0 Å². The summed E-state index contributed by atoms with van der Waals surface area (Å²) in [5.41, 5.74) is 1.88. The van der Waals surface area contributed by atoms with Gasteiger partial charge >= 0.3 is 0 Å². The maximum absolute atomic E-state index is 14.1. The Bertz CT molecular complexity index is 1430. The Morgan fingerprint density at radius 3 is 2.11 bits per heavy atom. The molecule has 8 nitrogen and oxygen atoms in total. The highest BCUT2D eigenvalue weighted by Gasteiger charge is 2.70. The maximum Gasteiger partial charge on any atom is 0.273 e. The van der Waals surface area contributed by atoms with Gasteiger partial charge in [0.15, 0.2) is 0 Å². The Kier molecular flexibility index (Phi) is 4.30. The molecule has 4 aliphatic rings. The summed E-state index contributed by atoms with van der Waals surface area (Å²) in [6, 6.07) is 18.8. The van der Waals surface area contributed by atoms with Crippen molar-refractivity contribution in [1.29, 1.82) is 0 Å². The molecule has 7 rings (SSSR count). The van der Waals surface area contributed by atoms with Crippen LogP contribution in [0.25, 0.3) is 0 Å². The molecule has 1 fully saturated rings. The predicted molar refractivity (Wildman–Crippen MR) is 125 cm³/mol. The van der Waals surface area contributed by atoms with Crippen molar-refractivity contribution in [1.82, 2.24) is 0 Å². The van der Waals surface area contributed by atoms with Crippen LogP contribution in [0.5, 0.6) is 5.75 Å². The standard InChI is InChI=1S/C27H20N2O6/c1-14(30)27-18-9-5-3-7-16(18)22(17-8-4-6-10-19(17)27)23-24(27)26(32)28(25(23)31)20-12-11-15(29(33)34)13-21(20)35-2/h3-13,22-24H,1-2H3/t22?,23-,24+,27?/m1/s1. The Labute approximate surface area is 200 Å². The highest BCUT2D eigenvalue weighted by molar-refractivity contribution is 6.26. The Balaban J connectivity index is 1.62. The van der Waals surface area contributed by atoms with Gasteiger partial charge in [0, 0.05) is 12.0 Å². The van der Waals surface area contributed by atoms with E-state index in [0.717, 1.165) is 27.2 Å². The molecule has 35 heavy (non-hydrogen) atoms. The van der Waals surface area contributed by atoms with Gasteiger partial charge in [-0.25, -0.2) is 4.90 Å². The molecule has 0 saturated carbocycles. The molecule has 8 heteroatoms. The summed E-state index contributed by atoms with van der Waals surface area (Å²) in [6.45, 7) is 1.48. The number of amides is 2. The van der Waals surface area contributed by atoms with Gasteiger partial charge < -0.3 is 4.74 Å². The molecule has 2 amide bonds. The average molecular weight is 468 g/mol. The van der Waals surface area contributed by atoms with E-state index in [1.165, 1.54) is 32.2 Å². The molecule has 2 bridgehead atoms. The number of methoxy groups -OCH3 is 1. The molecule has 0 aromatic heterocycles. The lowest BCUT2D eigenvalue weighted by Crippen LogP contribution is -2.57. The molecule has 1 saturated heterocycles. The highest BCUT2D eigenvalue weighted by atomic mass is 16.6. The van der Waals surface area contributed by atoms with Crippen molar-refractivity contribution >= 4 is 29.0 Å². The molecule has 3 aliphatic carbocycles. The van der Waals surface area contributed by atoms with E-state index in [1.807, 2.05) is 48.5 Å². The van der Waals surface area contributed by atoms with Crippen molar-refractivity contribution < 1.29 is 24.0 Å². The molecule has 0 N–H and O–H groups in total. The molecule has 0 spiro atoms. The quantitative estimate of drug-likeness (QED) is 0.328. The van der Waals surface area contributed by atoms with Crippen LogP contribution in [0, 0.1) is 22.0 Å². The van der Waals surface area contributed by atoms with E-state index in [0.29, 0.717) is 0 Å². The van der Waals surface area contributed by atoms with E-state index in [2.05, 4.69) is 0 Å². The molecule has 174 valence electrons. The molecule has 2 atom stereocenters. The van der Waals surface area contributed by atoms with E-state index < -0.39 is 34.0 Å². The Morgan fingerprint density at radius 2 is 1.57 bits per heavy atom. The third kappa shape index (κ3) is 2.43. The van der Waals surface area contributed by atoms with Gasteiger partial charge in [-0.1, -0.05) is 48.5 Å². The van der Waals surface area contributed by atoms with E-state index in [1.54, 1.807) is 0 Å². The maximum atomic E-state index is 14.1. The van der Waals surface area contributed by atoms with Crippen LogP contribution in [0.1, 0.15) is 35.1 Å². The zero-order valence-electron chi connectivity index (χ0n) is 18.9. The fourth-order valence-corrected chi connectivity index (χ4v) is 6.57. The second-order valence-electron chi connectivity index (χ2n) is 9.14. The minimum atomic E-state index is -1.30. The first-order chi connectivity index (χ1) is 16.8. The van der Waals surface area contributed by atoms with Crippen LogP contribution in [-0.2, 0) is 19.8 Å². The van der Waals surface area contributed by atoms with E-state index in [-0.39, 0.29) is 28.8 Å². The zero-order chi connectivity index (χ0) is 24.6. The number of imide groups is 1. The van der Waals surface area contributed by atoms with Crippen LogP contribution in [-0.4, -0.2) is 29.6 Å². The SMILES string of the molecule is COc1cc([N+](=O)[O-])ccc1N1C(=O)[C@@H]2C3c4ccccc4C(C(C)=O)(c4ccccc43)[C@@H]2C1=O. The van der Waals surface area contributed by atoms with Gasteiger partial charge in [-0.05, 0) is 35.2 Å². The summed E-state index contributed by atoms with van der Waals surface area (Å²) in [5.74, 6) is -3.21. The van der Waals surface area contributed by atoms with E-state index in [4.69, 9.17) is 4.74 Å². The minimum absolute atomic E-state index is 0.0406. The lowest BCUT2D eigenvalue weighted by atomic mass is 9.46. The summed E-state index contributed by atoms with van der Waals surface area (Å²) in [5, 5.41) is 11.3. The van der Waals surface area contributed by atoms with Gasteiger partial charge in [0.25, 0.3) is 5.69 Å². The number of anilines is 1. The summed E-state index contributed by atoms with van der Waals surface area (Å²) in [6.07, 6.45) is 0. The molecule has 1 heterocycles. The number of hydrogen-bond donors (Lipinski definition) is 0. The third-order valence-corrected chi connectivity index (χ3v) is 7.79. The molecule has 1 aliphatic heterocycles. The van der Waals surface area contributed by atoms with Gasteiger partial charge in [-0.2, -0.15) is 0 Å². The van der Waals surface area contributed by atoms with Crippen molar-refractivity contribution in [2.75, 3.05) is 12.0 Å². The minimum Gasteiger partial charge on any atom is -0.494 e. The number of non-ortho nitro benzene ring substituents is 1. The number of carbonyl (C=O) groups is 3. The van der Waals surface area contributed by atoms with E-state index in [9.17, 15) is 24.5 Å². The number of ether oxygens (including phenoxy) is 1. The number of benzene rings is 3. The number of Topliss-reactive ketones (excluding diaryl/α,β-unsaturated/α-hetero) is 1. The van der Waals surface area contributed by atoms with Gasteiger partial charge in [0.1, 0.15) is 11.5 Å². The number of rotatable bonds is 4. The van der Waals surface area contributed by atoms with Gasteiger partial charge in [-0.3, -0.25) is 24.5 Å². The number of nitro groups is 1. The van der Waals surface area contributed by atoms with Crippen molar-refractivity contribution in [3.05, 3.63) is 99.1 Å². The second-order valence-corrected chi connectivity index (χ2v) is 9.14. The molecule has 0 unspecified atom stereocenters. The fraction of sp³-hybridized carbons (Fsp3) is 0.222. The Hall–Kier alpha value is -4.33. The monoisotopic (exact) mass is 468 g/mol. The van der Waals surface area contributed by atoms with Crippen LogP contribution in [0.15, 0.2) is 66.7 Å². The predicted octanol–water partition coefficient (Wildman–Crippen LogP) is 3.74. The van der Waals surface area contributed by atoms with Crippen LogP contribution in [0.2, 0.25) is 0 Å². The highest BCUT2D eigenvalue weighted by Crippen LogP contribution is 2.64. The fourth-order valence-electron chi connectivity index (χ4n) is 6.57. The van der Waals surface area contributed by atoms with Gasteiger partial charge in [-0.15, -0.1) is 0 Å². The van der Waals surface area contributed by atoms with Crippen molar-refractivity contribution in [3.8, 4) is 5.75 Å². The van der Waals surface area contributed by atoms with Crippen molar-refractivity contribution in [3.63, 3.8) is 0 Å². The first-order valence-corrected chi connectivity index (χ1v) is 11.2. The second kappa shape index (κ2) is 7.09. The molecule has 3 aromatic rings. The first-order valence-electron chi connectivity index (χ1n) is 11.2. The summed E-state index contributed by atoms with van der Waals surface area (Å²) < 4.78 is 5.35. The largest absolute Gasteiger partial charge is 0.494 e. The van der Waals surface area contributed by atoms with Gasteiger partial charge in [0.2, 0.25) is 11.8 Å². The van der Waals surface area contributed by atoms with Crippen LogP contribution in [0.4, 0.5) is 11.4 Å². The topological polar surface area (TPSA) is 107 Å². The van der Waals surface area contributed by atoms with Crippen LogP contribution in [0.3, 0.4) is 0 Å². The number of nitrogens with zero attached hydrogens (tertiary/aromatic N) is 2. The number of ketones is 1. The summed E-state index contributed by atoms with van der Waals surface area (Å²) >= 11 is 0. The van der Waals surface area contributed by atoms with E-state index >= 15 is 0 Å². The lowest BCUT2D eigenvalue weighted by Gasteiger charge is -2.52. The molecule has 0 radical (unpaired) electrons.